The Morgan fingerprint density at radius 1 is 1.07 bits per heavy atom. The molecule has 0 atom stereocenters. The molecule has 0 saturated carbocycles. The van der Waals surface area contributed by atoms with Crippen LogP contribution in [0.25, 0.3) is 0 Å². The second kappa shape index (κ2) is 10.1. The van der Waals surface area contributed by atoms with Gasteiger partial charge in [0.05, 0.1) is 6.61 Å². The maximum atomic E-state index is 11.8. The van der Waals surface area contributed by atoms with Gasteiger partial charge in [-0.3, -0.25) is 9.79 Å². The zero-order chi connectivity index (χ0) is 20.6. The van der Waals surface area contributed by atoms with Crippen LogP contribution in [-0.4, -0.2) is 79.0 Å². The quantitative estimate of drug-likeness (QED) is 0.600. The molecular formula is C21H31N5O3. The van der Waals surface area contributed by atoms with E-state index in [-0.39, 0.29) is 12.0 Å². The third kappa shape index (κ3) is 5.62. The number of piperazine rings is 1. The Balaban J connectivity index is 1.46. The van der Waals surface area contributed by atoms with E-state index in [1.54, 1.807) is 11.9 Å². The van der Waals surface area contributed by atoms with E-state index >= 15 is 0 Å². The first-order chi connectivity index (χ1) is 14.1. The molecule has 2 fully saturated rings. The lowest BCUT2D eigenvalue weighted by molar-refractivity contribution is -0.128. The Hall–Kier alpha value is -2.77. The first kappa shape index (κ1) is 21.0. The van der Waals surface area contributed by atoms with Gasteiger partial charge in [-0.25, -0.2) is 4.79 Å². The number of nitrogens with zero attached hydrogens (tertiary/aromatic N) is 4. The van der Waals surface area contributed by atoms with Crippen molar-refractivity contribution in [3.8, 4) is 0 Å². The van der Waals surface area contributed by atoms with Crippen LogP contribution in [0.2, 0.25) is 0 Å². The summed E-state index contributed by atoms with van der Waals surface area (Å²) in [7, 11) is 1.77. The van der Waals surface area contributed by atoms with Crippen molar-refractivity contribution in [3.05, 3.63) is 35.4 Å². The number of carbonyl (C=O) groups is 2. The number of hydrogen-bond donors (Lipinski definition) is 1. The van der Waals surface area contributed by atoms with Crippen molar-refractivity contribution in [2.45, 2.75) is 32.9 Å². The fourth-order valence-corrected chi connectivity index (χ4v) is 3.68. The van der Waals surface area contributed by atoms with Crippen molar-refractivity contribution < 1.29 is 14.3 Å². The second-order valence-electron chi connectivity index (χ2n) is 7.31. The van der Waals surface area contributed by atoms with Gasteiger partial charge >= 0.3 is 6.09 Å². The van der Waals surface area contributed by atoms with E-state index in [0.717, 1.165) is 43.1 Å². The minimum Gasteiger partial charge on any atom is -0.450 e. The van der Waals surface area contributed by atoms with Gasteiger partial charge in [-0.1, -0.05) is 24.3 Å². The zero-order valence-electron chi connectivity index (χ0n) is 17.4. The molecule has 158 valence electrons. The van der Waals surface area contributed by atoms with Crippen LogP contribution in [0, 0.1) is 0 Å². The van der Waals surface area contributed by atoms with Crippen LogP contribution in [0.4, 0.5) is 4.79 Å². The van der Waals surface area contributed by atoms with Gasteiger partial charge in [0.15, 0.2) is 5.96 Å². The van der Waals surface area contributed by atoms with Crippen molar-refractivity contribution in [1.29, 1.82) is 0 Å². The maximum absolute atomic E-state index is 11.8. The van der Waals surface area contributed by atoms with Crippen LogP contribution < -0.4 is 5.32 Å². The summed E-state index contributed by atoms with van der Waals surface area (Å²) >= 11 is 0. The first-order valence-electron chi connectivity index (χ1n) is 10.3. The Morgan fingerprint density at radius 3 is 2.31 bits per heavy atom. The SMILES string of the molecule is CCOC(=O)N1CCN(C(=NC)NCc2ccc(CN3CCCC3=O)cc2)CC1. The van der Waals surface area contributed by atoms with Gasteiger partial charge in [-0.2, -0.15) is 0 Å². The fraction of sp³-hybridized carbons (Fsp3) is 0.571. The molecule has 8 nitrogen and oxygen atoms in total. The smallest absolute Gasteiger partial charge is 0.409 e. The lowest BCUT2D eigenvalue weighted by Crippen LogP contribution is -2.53. The highest BCUT2D eigenvalue weighted by molar-refractivity contribution is 5.80. The average molecular weight is 402 g/mol. The molecule has 0 radical (unpaired) electrons. The Bertz CT molecular complexity index is 726. The fourth-order valence-electron chi connectivity index (χ4n) is 3.68. The molecule has 1 N–H and O–H groups in total. The number of likely N-dealkylation sites (tertiary alicyclic amines) is 1. The number of aliphatic imine (C=N–C) groups is 1. The van der Waals surface area contributed by atoms with Gasteiger partial charge in [0.25, 0.3) is 0 Å². The van der Waals surface area contributed by atoms with E-state index in [4.69, 9.17) is 4.74 Å². The summed E-state index contributed by atoms with van der Waals surface area (Å²) in [5.74, 6) is 1.09. The normalized spacial score (nSPS) is 17.7. The minimum absolute atomic E-state index is 0.245. The van der Waals surface area contributed by atoms with E-state index in [1.807, 2.05) is 11.8 Å². The number of benzene rings is 1. The van der Waals surface area contributed by atoms with Gasteiger partial charge in [-0.05, 0) is 24.5 Å². The number of carbonyl (C=O) groups excluding carboxylic acids is 2. The first-order valence-corrected chi connectivity index (χ1v) is 10.3. The number of guanidine groups is 1. The minimum atomic E-state index is -0.245. The van der Waals surface area contributed by atoms with Crippen LogP contribution in [0.5, 0.6) is 0 Å². The third-order valence-corrected chi connectivity index (χ3v) is 5.34. The van der Waals surface area contributed by atoms with Gasteiger partial charge in [0.1, 0.15) is 0 Å². The molecule has 2 aliphatic rings. The Kier molecular flexibility index (Phi) is 7.32. The molecule has 8 heteroatoms. The summed E-state index contributed by atoms with van der Waals surface area (Å²) in [6.07, 6.45) is 1.40. The molecule has 1 aromatic carbocycles. The van der Waals surface area contributed by atoms with Gasteiger partial charge in [0.2, 0.25) is 5.91 Å². The summed E-state index contributed by atoms with van der Waals surface area (Å²) in [5, 5.41) is 3.40. The summed E-state index contributed by atoms with van der Waals surface area (Å²) in [5.41, 5.74) is 2.32. The Labute approximate surface area is 172 Å². The average Bonchev–Trinajstić information content (AvgIpc) is 3.14. The van der Waals surface area contributed by atoms with Gasteiger partial charge < -0.3 is 24.8 Å². The van der Waals surface area contributed by atoms with Crippen molar-refractivity contribution in [2.75, 3.05) is 46.4 Å². The van der Waals surface area contributed by atoms with Crippen molar-refractivity contribution in [2.24, 2.45) is 4.99 Å². The van der Waals surface area contributed by atoms with Gasteiger partial charge in [-0.15, -0.1) is 0 Å². The van der Waals surface area contributed by atoms with E-state index in [9.17, 15) is 9.59 Å². The molecule has 2 amide bonds. The predicted molar refractivity (Wildman–Crippen MR) is 111 cm³/mol. The highest BCUT2D eigenvalue weighted by Crippen LogP contribution is 2.15. The second-order valence-corrected chi connectivity index (χ2v) is 7.31. The molecule has 3 rings (SSSR count). The number of ether oxygens (including phenoxy) is 1. The van der Waals surface area contributed by atoms with Crippen molar-refractivity contribution >= 4 is 18.0 Å². The molecule has 0 aliphatic carbocycles. The van der Waals surface area contributed by atoms with E-state index in [1.165, 1.54) is 0 Å². The molecule has 0 spiro atoms. The topological polar surface area (TPSA) is 77.5 Å². The van der Waals surface area contributed by atoms with E-state index in [2.05, 4.69) is 39.5 Å². The van der Waals surface area contributed by atoms with Crippen molar-refractivity contribution in [3.63, 3.8) is 0 Å². The monoisotopic (exact) mass is 401 g/mol. The molecule has 29 heavy (non-hydrogen) atoms. The molecule has 2 aliphatic heterocycles. The van der Waals surface area contributed by atoms with E-state index in [0.29, 0.717) is 39.2 Å². The summed E-state index contributed by atoms with van der Waals surface area (Å²) in [4.78, 5) is 33.8. The molecule has 0 bridgehead atoms. The number of nitrogens with one attached hydrogen (secondary N) is 1. The molecule has 0 aromatic heterocycles. The molecule has 2 heterocycles. The number of amides is 2. The van der Waals surface area contributed by atoms with Gasteiger partial charge in [0, 0.05) is 59.3 Å². The molecule has 1 aromatic rings. The summed E-state index contributed by atoms with van der Waals surface area (Å²) < 4.78 is 5.07. The Morgan fingerprint density at radius 2 is 1.72 bits per heavy atom. The number of hydrogen-bond acceptors (Lipinski definition) is 4. The standard InChI is InChI=1S/C21H31N5O3/c1-3-29-21(28)25-13-11-24(12-14-25)20(22-2)23-15-17-6-8-18(9-7-17)16-26-10-4-5-19(26)27/h6-9H,3-5,10-16H2,1-2H3,(H,22,23). The van der Waals surface area contributed by atoms with Crippen LogP contribution in [0.3, 0.4) is 0 Å². The highest BCUT2D eigenvalue weighted by atomic mass is 16.6. The van der Waals surface area contributed by atoms with Crippen LogP contribution in [0.1, 0.15) is 30.9 Å². The largest absolute Gasteiger partial charge is 0.450 e. The van der Waals surface area contributed by atoms with Crippen LogP contribution >= 0.6 is 0 Å². The van der Waals surface area contributed by atoms with Crippen molar-refractivity contribution in [1.82, 2.24) is 20.0 Å². The van der Waals surface area contributed by atoms with Crippen LogP contribution in [-0.2, 0) is 22.6 Å². The molecular weight excluding hydrogens is 370 g/mol. The molecule has 2 saturated heterocycles. The lowest BCUT2D eigenvalue weighted by atomic mass is 10.1. The van der Waals surface area contributed by atoms with E-state index < -0.39 is 0 Å². The maximum Gasteiger partial charge on any atom is 0.409 e. The van der Waals surface area contributed by atoms with Crippen LogP contribution in [0.15, 0.2) is 29.3 Å². The summed E-state index contributed by atoms with van der Waals surface area (Å²) in [6, 6.07) is 8.36. The molecule has 0 unspecified atom stereocenters. The predicted octanol–water partition coefficient (Wildman–Crippen LogP) is 1.66. The highest BCUT2D eigenvalue weighted by Gasteiger charge is 2.23. The third-order valence-electron chi connectivity index (χ3n) is 5.34. The number of rotatable bonds is 5. The zero-order valence-corrected chi connectivity index (χ0v) is 17.4. The summed E-state index contributed by atoms with van der Waals surface area (Å²) in [6.45, 7) is 7.15. The lowest BCUT2D eigenvalue weighted by Gasteiger charge is -2.35.